The van der Waals surface area contributed by atoms with Gasteiger partial charge in [0, 0.05) is 6.08 Å². The molecule has 0 unspecified atom stereocenters. The normalized spacial score (nSPS) is 9.71. The second kappa shape index (κ2) is 4.83. The molecule has 0 heterocycles. The van der Waals surface area contributed by atoms with Crippen LogP contribution in [0.2, 0.25) is 0 Å². The zero-order chi connectivity index (χ0) is 10.4. The molecule has 0 saturated heterocycles. The van der Waals surface area contributed by atoms with E-state index < -0.39 is 5.97 Å². The molecular weight excluding hydrogens is 178 g/mol. The number of ether oxygens (including phenoxy) is 1. The number of hydrogen-bond acceptors (Lipinski definition) is 3. The number of nitrogens with zero attached hydrogens (tertiary/aromatic N) is 1. The van der Waals surface area contributed by atoms with Crippen molar-refractivity contribution >= 4 is 5.97 Å². The lowest BCUT2D eigenvalue weighted by molar-refractivity contribution is -0.128. The summed E-state index contributed by atoms with van der Waals surface area (Å²) >= 11 is 0. The summed E-state index contributed by atoms with van der Waals surface area (Å²) in [6, 6.07) is 8.34. The Labute approximate surface area is 82.2 Å². The van der Waals surface area contributed by atoms with E-state index in [-0.39, 0.29) is 0 Å². The van der Waals surface area contributed by atoms with E-state index in [1.165, 1.54) is 6.08 Å². The molecule has 14 heavy (non-hydrogen) atoms. The zero-order valence-corrected chi connectivity index (χ0v) is 7.73. The van der Waals surface area contributed by atoms with Crippen molar-refractivity contribution in [2.24, 2.45) is 0 Å². The summed E-state index contributed by atoms with van der Waals surface area (Å²) < 4.78 is 4.92. The number of nitriles is 1. The molecule has 0 spiro atoms. The van der Waals surface area contributed by atoms with E-state index in [9.17, 15) is 4.79 Å². The smallest absolute Gasteiger partial charge is 0.335 e. The van der Waals surface area contributed by atoms with Crippen LogP contribution in [0.1, 0.15) is 12.5 Å². The van der Waals surface area contributed by atoms with Gasteiger partial charge in [0.1, 0.15) is 5.75 Å². The second-order valence-electron chi connectivity index (χ2n) is 2.56. The number of allylic oxidation sites excluding steroid dienone is 1. The first-order chi connectivity index (χ1) is 6.76. The van der Waals surface area contributed by atoms with Crippen LogP contribution in [0.3, 0.4) is 0 Å². The van der Waals surface area contributed by atoms with Crippen LogP contribution in [0.4, 0.5) is 0 Å². The van der Waals surface area contributed by atoms with E-state index in [1.807, 2.05) is 6.07 Å². The summed E-state index contributed by atoms with van der Waals surface area (Å²) in [6.07, 6.45) is 2.93. The third-order valence-corrected chi connectivity index (χ3v) is 1.50. The van der Waals surface area contributed by atoms with Gasteiger partial charge in [-0.15, -0.1) is 0 Å². The van der Waals surface area contributed by atoms with Crippen molar-refractivity contribution in [3.8, 4) is 11.8 Å². The van der Waals surface area contributed by atoms with E-state index in [2.05, 4.69) is 0 Å². The standard InChI is InChI=1S/C11H9NO2/c1-2-3-11(13)14-10-6-4-9(8-12)5-7-10/h2-7H,1H3/b3-2+. The maximum atomic E-state index is 11.0. The first-order valence-corrected chi connectivity index (χ1v) is 4.11. The van der Waals surface area contributed by atoms with Crippen molar-refractivity contribution in [3.63, 3.8) is 0 Å². The molecule has 0 bridgehead atoms. The van der Waals surface area contributed by atoms with Crippen molar-refractivity contribution in [3.05, 3.63) is 42.0 Å². The minimum Gasteiger partial charge on any atom is -0.423 e. The molecule has 70 valence electrons. The van der Waals surface area contributed by atoms with Crippen LogP contribution in [-0.4, -0.2) is 5.97 Å². The summed E-state index contributed by atoms with van der Waals surface area (Å²) in [5.41, 5.74) is 0.538. The Morgan fingerprint density at radius 1 is 1.43 bits per heavy atom. The maximum Gasteiger partial charge on any atom is 0.335 e. The first-order valence-electron chi connectivity index (χ1n) is 4.11. The largest absolute Gasteiger partial charge is 0.423 e. The fourth-order valence-electron chi connectivity index (χ4n) is 0.884. The predicted octanol–water partition coefficient (Wildman–Crippen LogP) is 2.04. The summed E-state index contributed by atoms with van der Waals surface area (Å²) in [5, 5.41) is 8.53. The van der Waals surface area contributed by atoms with Crippen molar-refractivity contribution in [2.75, 3.05) is 0 Å². The Morgan fingerprint density at radius 2 is 2.07 bits per heavy atom. The molecule has 1 aromatic carbocycles. The predicted molar refractivity (Wildman–Crippen MR) is 51.6 cm³/mol. The van der Waals surface area contributed by atoms with Gasteiger partial charge in [-0.3, -0.25) is 0 Å². The minimum absolute atomic E-state index is 0.419. The Morgan fingerprint density at radius 3 is 2.57 bits per heavy atom. The number of carbonyl (C=O) groups excluding carboxylic acids is 1. The molecular formula is C11H9NO2. The van der Waals surface area contributed by atoms with Gasteiger partial charge in [0.05, 0.1) is 11.6 Å². The molecule has 1 aromatic rings. The molecule has 3 heteroatoms. The van der Waals surface area contributed by atoms with Crippen LogP contribution in [0.15, 0.2) is 36.4 Å². The van der Waals surface area contributed by atoms with Gasteiger partial charge in [0.25, 0.3) is 0 Å². The van der Waals surface area contributed by atoms with Crippen LogP contribution in [0, 0.1) is 11.3 Å². The summed E-state index contributed by atoms with van der Waals surface area (Å²) in [6.45, 7) is 1.74. The molecule has 1 rings (SSSR count). The zero-order valence-electron chi connectivity index (χ0n) is 7.73. The number of esters is 1. The van der Waals surface area contributed by atoms with Gasteiger partial charge in [-0.05, 0) is 31.2 Å². The van der Waals surface area contributed by atoms with E-state index >= 15 is 0 Å². The Bertz CT molecular complexity index is 385. The Hall–Kier alpha value is -2.08. The Kier molecular flexibility index (Phi) is 3.45. The van der Waals surface area contributed by atoms with Gasteiger partial charge in [0.15, 0.2) is 0 Å². The van der Waals surface area contributed by atoms with Crippen LogP contribution in [0.5, 0.6) is 5.75 Å². The molecule has 0 amide bonds. The summed E-state index contributed by atoms with van der Waals surface area (Å²) in [7, 11) is 0. The molecule has 0 saturated carbocycles. The van der Waals surface area contributed by atoms with Gasteiger partial charge in [-0.1, -0.05) is 6.08 Å². The molecule has 0 aliphatic carbocycles. The number of carbonyl (C=O) groups is 1. The van der Waals surface area contributed by atoms with Crippen LogP contribution in [-0.2, 0) is 4.79 Å². The highest BCUT2D eigenvalue weighted by Crippen LogP contribution is 2.11. The third-order valence-electron chi connectivity index (χ3n) is 1.50. The average Bonchev–Trinajstić information content (AvgIpc) is 2.19. The maximum absolute atomic E-state index is 11.0. The highest BCUT2D eigenvalue weighted by molar-refractivity contribution is 5.83. The quantitative estimate of drug-likeness (QED) is 0.404. The van der Waals surface area contributed by atoms with Crippen molar-refractivity contribution < 1.29 is 9.53 Å². The lowest BCUT2D eigenvalue weighted by Crippen LogP contribution is -2.03. The lowest BCUT2D eigenvalue weighted by atomic mass is 10.2. The number of hydrogen-bond donors (Lipinski definition) is 0. The lowest BCUT2D eigenvalue weighted by Gasteiger charge is -1.99. The topological polar surface area (TPSA) is 50.1 Å². The van der Waals surface area contributed by atoms with E-state index in [4.69, 9.17) is 10.00 Å². The molecule has 3 nitrogen and oxygen atoms in total. The second-order valence-corrected chi connectivity index (χ2v) is 2.56. The number of rotatable bonds is 2. The molecule has 0 N–H and O–H groups in total. The monoisotopic (exact) mass is 187 g/mol. The van der Waals surface area contributed by atoms with Gasteiger partial charge >= 0.3 is 5.97 Å². The molecule has 0 radical (unpaired) electrons. The molecule has 0 aromatic heterocycles. The van der Waals surface area contributed by atoms with Crippen LogP contribution < -0.4 is 4.74 Å². The fraction of sp³-hybridized carbons (Fsp3) is 0.0909. The molecule has 0 atom stereocenters. The SMILES string of the molecule is C/C=C/C(=O)Oc1ccc(C#N)cc1. The molecule has 0 aliphatic heterocycles. The number of benzene rings is 1. The summed E-state index contributed by atoms with van der Waals surface area (Å²) in [5.74, 6) is 0.0179. The van der Waals surface area contributed by atoms with Gasteiger partial charge < -0.3 is 4.74 Å². The van der Waals surface area contributed by atoms with Crippen molar-refractivity contribution in [2.45, 2.75) is 6.92 Å². The van der Waals surface area contributed by atoms with Crippen LogP contribution >= 0.6 is 0 Å². The van der Waals surface area contributed by atoms with Gasteiger partial charge in [-0.25, -0.2) is 4.79 Å². The van der Waals surface area contributed by atoms with Gasteiger partial charge in [0.2, 0.25) is 0 Å². The first kappa shape index (κ1) is 10.0. The van der Waals surface area contributed by atoms with Crippen LogP contribution in [0.25, 0.3) is 0 Å². The van der Waals surface area contributed by atoms with E-state index in [1.54, 1.807) is 37.3 Å². The van der Waals surface area contributed by atoms with Crippen molar-refractivity contribution in [1.29, 1.82) is 5.26 Å². The molecule has 0 fully saturated rings. The summed E-state index contributed by atoms with van der Waals surface area (Å²) in [4.78, 5) is 11.0. The van der Waals surface area contributed by atoms with E-state index in [0.29, 0.717) is 11.3 Å². The highest BCUT2D eigenvalue weighted by atomic mass is 16.5. The van der Waals surface area contributed by atoms with Crippen molar-refractivity contribution in [1.82, 2.24) is 0 Å². The highest BCUT2D eigenvalue weighted by Gasteiger charge is 1.99. The average molecular weight is 187 g/mol. The van der Waals surface area contributed by atoms with E-state index in [0.717, 1.165) is 0 Å². The fourth-order valence-corrected chi connectivity index (χ4v) is 0.884. The third kappa shape index (κ3) is 2.76. The molecule has 0 aliphatic rings. The van der Waals surface area contributed by atoms with Gasteiger partial charge in [-0.2, -0.15) is 5.26 Å². The minimum atomic E-state index is -0.419. The Balaban J connectivity index is 2.70.